The summed E-state index contributed by atoms with van der Waals surface area (Å²) >= 11 is 5.70. The number of Topliss-reactive ketones (excluding diaryl/α,β-unsaturated/α-hetero) is 1. The van der Waals surface area contributed by atoms with Gasteiger partial charge in [0.05, 0.1) is 17.1 Å². The Morgan fingerprint density at radius 1 is 0.816 bits per heavy atom. The van der Waals surface area contributed by atoms with E-state index < -0.39 is 6.10 Å². The summed E-state index contributed by atoms with van der Waals surface area (Å²) in [6.07, 6.45) is 7.54. The highest BCUT2D eigenvalue weighted by molar-refractivity contribution is 7.80. The van der Waals surface area contributed by atoms with Crippen molar-refractivity contribution < 1.29 is 9.90 Å². The molecule has 0 radical (unpaired) electrons. The predicted octanol–water partition coefficient (Wildman–Crippen LogP) is 10.7. The largest absolute Gasteiger partial charge is 0.391 e. The van der Waals surface area contributed by atoms with Crippen LogP contribution in [0.5, 0.6) is 0 Å². The molecule has 4 aromatic carbocycles. The molecule has 1 atom stereocenters. The zero-order valence-corrected chi connectivity index (χ0v) is 31.5. The van der Waals surface area contributed by atoms with E-state index in [-0.39, 0.29) is 11.8 Å². The molecular formula is C43H57N3O2S. The van der Waals surface area contributed by atoms with Gasteiger partial charge >= 0.3 is 0 Å². The number of carbonyl (C=O) groups excluding carboxylic acids is 1. The van der Waals surface area contributed by atoms with Crippen LogP contribution >= 0.6 is 12.2 Å². The fraction of sp³-hybridized carbons (Fsp3) is 0.419. The van der Waals surface area contributed by atoms with Crippen LogP contribution in [0.1, 0.15) is 103 Å². The molecule has 6 rings (SSSR count). The van der Waals surface area contributed by atoms with E-state index in [1.807, 2.05) is 76.2 Å². The third-order valence-electron chi connectivity index (χ3n) is 8.79. The number of aliphatic hydroxyl groups is 1. The molecule has 262 valence electrons. The number of hydrogen-bond acceptors (Lipinski definition) is 4. The molecule has 49 heavy (non-hydrogen) atoms. The first kappa shape index (κ1) is 39.6. The number of pyridine rings is 1. The summed E-state index contributed by atoms with van der Waals surface area (Å²) < 4.78 is 0. The zero-order chi connectivity index (χ0) is 35.8. The maximum atomic E-state index is 11.8. The van der Waals surface area contributed by atoms with Crippen molar-refractivity contribution in [3.05, 3.63) is 102 Å². The van der Waals surface area contributed by atoms with E-state index in [2.05, 4.69) is 71.5 Å². The highest BCUT2D eigenvalue weighted by Crippen LogP contribution is 2.26. The number of nitrogens with zero attached hydrogens (tertiary/aromatic N) is 2. The summed E-state index contributed by atoms with van der Waals surface area (Å²) in [5.74, 6) is 0.0831. The highest BCUT2D eigenvalue weighted by atomic mass is 32.1. The molecule has 1 aliphatic rings. The van der Waals surface area contributed by atoms with Crippen LogP contribution in [-0.4, -0.2) is 50.6 Å². The number of ketones is 1. The molecule has 1 heterocycles. The molecule has 1 aromatic heterocycles. The molecule has 1 saturated carbocycles. The molecule has 0 saturated heterocycles. The normalized spacial score (nSPS) is 13.3. The maximum Gasteiger partial charge on any atom is 0.169 e. The van der Waals surface area contributed by atoms with Crippen LogP contribution in [0.15, 0.2) is 91.0 Å². The Labute approximate surface area is 300 Å². The monoisotopic (exact) mass is 679 g/mol. The maximum absolute atomic E-state index is 11.8. The van der Waals surface area contributed by atoms with Gasteiger partial charge in [0.25, 0.3) is 0 Å². The Hall–Kier alpha value is -3.87. The summed E-state index contributed by atoms with van der Waals surface area (Å²) in [6.45, 7) is 14.5. The average molecular weight is 680 g/mol. The Morgan fingerprint density at radius 2 is 1.35 bits per heavy atom. The van der Waals surface area contributed by atoms with Crippen molar-refractivity contribution in [3.8, 4) is 0 Å². The van der Waals surface area contributed by atoms with Crippen molar-refractivity contribution >= 4 is 55.7 Å². The van der Waals surface area contributed by atoms with Gasteiger partial charge in [-0.3, -0.25) is 4.79 Å². The molecular weight excluding hydrogens is 623 g/mol. The van der Waals surface area contributed by atoms with E-state index in [0.717, 1.165) is 45.3 Å². The second-order valence-electron chi connectivity index (χ2n) is 12.4. The van der Waals surface area contributed by atoms with Gasteiger partial charge in [-0.25, -0.2) is 4.98 Å². The number of aliphatic hydroxyl groups excluding tert-OH is 1. The molecule has 6 heteroatoms. The summed E-state index contributed by atoms with van der Waals surface area (Å²) in [6, 6.07) is 31.2. The first-order valence-electron chi connectivity index (χ1n) is 18.3. The third-order valence-corrected chi connectivity index (χ3v) is 9.14. The zero-order valence-electron chi connectivity index (χ0n) is 30.7. The predicted molar refractivity (Wildman–Crippen MR) is 215 cm³/mol. The summed E-state index contributed by atoms with van der Waals surface area (Å²) in [5, 5.41) is 19.5. The minimum atomic E-state index is -0.396. The third kappa shape index (κ3) is 11.1. The number of thiocarbonyl (C=S) groups is 1. The number of fused-ring (bicyclic) bond motifs is 3. The SMILES string of the molecule is CC.CC.CC(=O)c1c2ccccc2nc2ccccc12.CC(C)N(CC(O)CCc1cccc2ccccc12)C(=S)NC1CCCCC1. The van der Waals surface area contributed by atoms with Crippen molar-refractivity contribution in [2.45, 2.75) is 112 Å². The van der Waals surface area contributed by atoms with E-state index in [0.29, 0.717) is 12.6 Å². The Bertz CT molecular complexity index is 1700. The Morgan fingerprint density at radius 3 is 1.92 bits per heavy atom. The molecule has 1 fully saturated rings. The number of benzene rings is 4. The van der Waals surface area contributed by atoms with E-state index in [9.17, 15) is 9.90 Å². The van der Waals surface area contributed by atoms with Crippen molar-refractivity contribution in [1.29, 1.82) is 0 Å². The van der Waals surface area contributed by atoms with Gasteiger partial charge in [0.1, 0.15) is 0 Å². The number of carbonyl (C=O) groups is 1. The molecule has 2 N–H and O–H groups in total. The van der Waals surface area contributed by atoms with Crippen molar-refractivity contribution in [1.82, 2.24) is 15.2 Å². The standard InChI is InChI=1S/C24H34N2OS.C15H11NO.2C2H6/c1-18(2)26(24(28)25-21-12-4-3-5-13-21)17-22(27)16-15-20-11-8-10-19-9-6-7-14-23(19)20;1-10(17)15-11-6-2-4-8-13(11)16-14-9-5-3-7-12(14)15;2*1-2/h6-11,14,18,21-22,27H,3-5,12-13,15-17H2,1-2H3,(H,25,28);2-9H,1H3;2*1-2H3. The second kappa shape index (κ2) is 20.6. The lowest BCUT2D eigenvalue weighted by Crippen LogP contribution is -2.50. The van der Waals surface area contributed by atoms with Gasteiger partial charge in [0, 0.05) is 35.0 Å². The Balaban J connectivity index is 0.000000263. The van der Waals surface area contributed by atoms with E-state index >= 15 is 0 Å². The lowest BCUT2D eigenvalue weighted by Gasteiger charge is -2.34. The minimum Gasteiger partial charge on any atom is -0.391 e. The number of hydrogen-bond donors (Lipinski definition) is 2. The average Bonchev–Trinajstić information content (AvgIpc) is 3.14. The second-order valence-corrected chi connectivity index (χ2v) is 12.8. The van der Waals surface area contributed by atoms with Gasteiger partial charge in [-0.15, -0.1) is 0 Å². The fourth-order valence-electron chi connectivity index (χ4n) is 6.40. The van der Waals surface area contributed by atoms with Gasteiger partial charge in [-0.1, -0.05) is 126 Å². The van der Waals surface area contributed by atoms with E-state index in [1.54, 1.807) is 6.92 Å². The van der Waals surface area contributed by atoms with Gasteiger partial charge in [0.2, 0.25) is 0 Å². The molecule has 1 unspecified atom stereocenters. The summed E-state index contributed by atoms with van der Waals surface area (Å²) in [7, 11) is 0. The molecule has 5 nitrogen and oxygen atoms in total. The topological polar surface area (TPSA) is 65.5 Å². The van der Waals surface area contributed by atoms with Gasteiger partial charge < -0.3 is 15.3 Å². The van der Waals surface area contributed by atoms with Crippen LogP contribution in [0.25, 0.3) is 32.6 Å². The molecule has 1 aliphatic carbocycles. The molecule has 0 aliphatic heterocycles. The smallest absolute Gasteiger partial charge is 0.169 e. The lowest BCUT2D eigenvalue weighted by atomic mass is 9.96. The summed E-state index contributed by atoms with van der Waals surface area (Å²) in [4.78, 5) is 18.6. The van der Waals surface area contributed by atoms with Crippen molar-refractivity contribution in [2.75, 3.05) is 6.54 Å². The van der Waals surface area contributed by atoms with E-state index in [4.69, 9.17) is 12.2 Å². The number of aryl methyl sites for hydroxylation is 1. The minimum absolute atomic E-state index is 0.0831. The fourth-order valence-corrected chi connectivity index (χ4v) is 6.85. The van der Waals surface area contributed by atoms with Gasteiger partial charge in [-0.2, -0.15) is 0 Å². The van der Waals surface area contributed by atoms with E-state index in [1.165, 1.54) is 48.4 Å². The van der Waals surface area contributed by atoms with Crippen LogP contribution in [-0.2, 0) is 6.42 Å². The lowest BCUT2D eigenvalue weighted by molar-refractivity contribution is 0.102. The highest BCUT2D eigenvalue weighted by Gasteiger charge is 2.21. The van der Waals surface area contributed by atoms with Crippen LogP contribution in [0.3, 0.4) is 0 Å². The molecule has 0 bridgehead atoms. The summed E-state index contributed by atoms with van der Waals surface area (Å²) in [5.41, 5.74) is 3.81. The quantitative estimate of drug-likeness (QED) is 0.0967. The number of nitrogens with one attached hydrogen (secondary N) is 1. The first-order valence-corrected chi connectivity index (χ1v) is 18.7. The van der Waals surface area contributed by atoms with Crippen LogP contribution < -0.4 is 5.32 Å². The molecule has 0 amide bonds. The number of aromatic nitrogens is 1. The number of rotatable bonds is 8. The van der Waals surface area contributed by atoms with Crippen LogP contribution in [0.4, 0.5) is 0 Å². The van der Waals surface area contributed by atoms with Gasteiger partial charge in [0.15, 0.2) is 10.9 Å². The number of para-hydroxylation sites is 2. The van der Waals surface area contributed by atoms with Crippen LogP contribution in [0, 0.1) is 0 Å². The van der Waals surface area contributed by atoms with Crippen LogP contribution in [0.2, 0.25) is 0 Å². The van der Waals surface area contributed by atoms with Crippen molar-refractivity contribution in [2.24, 2.45) is 0 Å². The van der Waals surface area contributed by atoms with Crippen molar-refractivity contribution in [3.63, 3.8) is 0 Å². The molecule has 0 spiro atoms. The first-order chi connectivity index (χ1) is 23.8. The Kier molecular flexibility index (Phi) is 16.6. The van der Waals surface area contributed by atoms with Gasteiger partial charge in [-0.05, 0) is 87.1 Å². The molecule has 5 aromatic rings.